The second-order valence-electron chi connectivity index (χ2n) is 4.70. The zero-order chi connectivity index (χ0) is 12.8. The fraction of sp³-hybridized carbons (Fsp3) is 0.769. The van der Waals surface area contributed by atoms with E-state index in [4.69, 9.17) is 4.74 Å². The molecule has 1 atom stereocenters. The van der Waals surface area contributed by atoms with Gasteiger partial charge >= 0.3 is 0 Å². The summed E-state index contributed by atoms with van der Waals surface area (Å²) in [5, 5.41) is 6.77. The zero-order valence-electron chi connectivity index (χ0n) is 11.3. The Kier molecular flexibility index (Phi) is 5.56. The van der Waals surface area contributed by atoms with Crippen molar-refractivity contribution in [2.75, 3.05) is 39.3 Å². The predicted molar refractivity (Wildman–Crippen MR) is 75.3 cm³/mol. The summed E-state index contributed by atoms with van der Waals surface area (Å²) < 4.78 is 5.75. The summed E-state index contributed by atoms with van der Waals surface area (Å²) in [6.07, 6.45) is 1.35. The summed E-state index contributed by atoms with van der Waals surface area (Å²) in [6.45, 7) is 10.3. The van der Waals surface area contributed by atoms with Crippen LogP contribution in [-0.4, -0.2) is 55.3 Å². The van der Waals surface area contributed by atoms with Crippen molar-refractivity contribution in [3.8, 4) is 0 Å². The number of ether oxygens (including phenoxy) is 1. The first-order valence-corrected chi connectivity index (χ1v) is 7.61. The van der Waals surface area contributed by atoms with Crippen LogP contribution in [0.25, 0.3) is 0 Å². The van der Waals surface area contributed by atoms with Crippen LogP contribution in [0, 0.1) is 6.92 Å². The molecule has 1 N–H and O–H groups in total. The van der Waals surface area contributed by atoms with Crippen LogP contribution in [0.15, 0.2) is 5.38 Å². The van der Waals surface area contributed by atoms with Crippen LogP contribution in [0.4, 0.5) is 0 Å². The van der Waals surface area contributed by atoms with Gasteiger partial charge in [-0.15, -0.1) is 11.3 Å². The minimum atomic E-state index is 0.343. The average Bonchev–Trinajstić information content (AvgIpc) is 2.81. The maximum Gasteiger partial charge on any atom is 0.0897 e. The van der Waals surface area contributed by atoms with Gasteiger partial charge in [0.15, 0.2) is 0 Å². The van der Waals surface area contributed by atoms with E-state index < -0.39 is 0 Å². The lowest BCUT2D eigenvalue weighted by Gasteiger charge is -2.32. The highest BCUT2D eigenvalue weighted by Gasteiger charge is 2.18. The van der Waals surface area contributed by atoms with Crippen LogP contribution < -0.4 is 5.32 Å². The summed E-state index contributed by atoms with van der Waals surface area (Å²) in [5.74, 6) is 0. The largest absolute Gasteiger partial charge is 0.374 e. The van der Waals surface area contributed by atoms with Crippen molar-refractivity contribution in [1.82, 2.24) is 15.2 Å². The zero-order valence-corrected chi connectivity index (χ0v) is 12.1. The van der Waals surface area contributed by atoms with E-state index >= 15 is 0 Å². The minimum absolute atomic E-state index is 0.343. The number of aromatic nitrogens is 1. The van der Waals surface area contributed by atoms with Gasteiger partial charge in [-0.05, 0) is 13.5 Å². The van der Waals surface area contributed by atoms with Gasteiger partial charge < -0.3 is 10.1 Å². The third-order valence-electron chi connectivity index (χ3n) is 3.27. The molecule has 5 heteroatoms. The van der Waals surface area contributed by atoms with Gasteiger partial charge in [-0.3, -0.25) is 4.90 Å². The molecule has 1 aliphatic rings. The van der Waals surface area contributed by atoms with Crippen molar-refractivity contribution >= 4 is 11.3 Å². The van der Waals surface area contributed by atoms with Gasteiger partial charge in [-0.25, -0.2) is 4.98 Å². The van der Waals surface area contributed by atoms with E-state index in [1.807, 2.05) is 0 Å². The third-order valence-corrected chi connectivity index (χ3v) is 4.09. The van der Waals surface area contributed by atoms with Gasteiger partial charge in [0, 0.05) is 38.0 Å². The van der Waals surface area contributed by atoms with Crippen molar-refractivity contribution in [2.24, 2.45) is 0 Å². The number of rotatable bonds is 6. The Labute approximate surface area is 113 Å². The van der Waals surface area contributed by atoms with Crippen molar-refractivity contribution in [2.45, 2.75) is 26.4 Å². The molecule has 1 fully saturated rings. The number of hydrogen-bond donors (Lipinski definition) is 1. The molecule has 1 unspecified atom stereocenters. The maximum atomic E-state index is 5.75. The standard InChI is InChI=1S/C13H23N3OS/c1-3-16-6-7-17-13(9-16)8-14-5-4-12-10-18-11(2)15-12/h10,13-14H,3-9H2,1-2H3. The molecule has 0 aromatic carbocycles. The Morgan fingerprint density at radius 3 is 3.22 bits per heavy atom. The fourth-order valence-corrected chi connectivity index (χ4v) is 2.84. The second kappa shape index (κ2) is 7.19. The van der Waals surface area contributed by atoms with E-state index in [0.717, 1.165) is 50.8 Å². The fourth-order valence-electron chi connectivity index (χ4n) is 2.19. The van der Waals surface area contributed by atoms with E-state index in [9.17, 15) is 0 Å². The highest BCUT2D eigenvalue weighted by Crippen LogP contribution is 2.08. The van der Waals surface area contributed by atoms with Crippen molar-refractivity contribution < 1.29 is 4.74 Å². The molecule has 1 aromatic heterocycles. The SMILES string of the molecule is CCN1CCOC(CNCCc2csc(C)n2)C1. The molecule has 0 bridgehead atoms. The first kappa shape index (κ1) is 13.9. The highest BCUT2D eigenvalue weighted by atomic mass is 32.1. The number of thiazole rings is 1. The Balaban J connectivity index is 1.60. The number of nitrogens with zero attached hydrogens (tertiary/aromatic N) is 2. The number of aryl methyl sites for hydroxylation is 1. The lowest BCUT2D eigenvalue weighted by atomic mass is 10.2. The molecule has 1 saturated heterocycles. The molecule has 2 rings (SSSR count). The van der Waals surface area contributed by atoms with Crippen molar-refractivity contribution in [3.63, 3.8) is 0 Å². The van der Waals surface area contributed by atoms with E-state index in [-0.39, 0.29) is 0 Å². The number of hydrogen-bond acceptors (Lipinski definition) is 5. The van der Waals surface area contributed by atoms with Gasteiger partial charge in [0.2, 0.25) is 0 Å². The first-order valence-electron chi connectivity index (χ1n) is 6.73. The monoisotopic (exact) mass is 269 g/mol. The molecule has 102 valence electrons. The van der Waals surface area contributed by atoms with E-state index in [2.05, 4.69) is 34.4 Å². The van der Waals surface area contributed by atoms with E-state index in [1.54, 1.807) is 11.3 Å². The van der Waals surface area contributed by atoms with Crippen LogP contribution in [-0.2, 0) is 11.2 Å². The molecule has 0 radical (unpaired) electrons. The molecule has 1 aliphatic heterocycles. The molecule has 18 heavy (non-hydrogen) atoms. The summed E-state index contributed by atoms with van der Waals surface area (Å²) in [5.41, 5.74) is 1.20. The normalized spacial score (nSPS) is 21.3. The van der Waals surface area contributed by atoms with E-state index in [1.165, 1.54) is 5.69 Å². The van der Waals surface area contributed by atoms with Crippen LogP contribution >= 0.6 is 11.3 Å². The smallest absolute Gasteiger partial charge is 0.0897 e. The molecule has 0 aliphatic carbocycles. The Morgan fingerprint density at radius 1 is 1.61 bits per heavy atom. The van der Waals surface area contributed by atoms with Crippen molar-refractivity contribution in [1.29, 1.82) is 0 Å². The number of nitrogens with one attached hydrogen (secondary N) is 1. The average molecular weight is 269 g/mol. The second-order valence-corrected chi connectivity index (χ2v) is 5.76. The summed E-state index contributed by atoms with van der Waals surface area (Å²) in [4.78, 5) is 6.90. The highest BCUT2D eigenvalue weighted by molar-refractivity contribution is 7.09. The minimum Gasteiger partial charge on any atom is -0.374 e. The van der Waals surface area contributed by atoms with Gasteiger partial charge in [0.1, 0.15) is 0 Å². The molecule has 4 nitrogen and oxygen atoms in total. The van der Waals surface area contributed by atoms with Crippen molar-refractivity contribution in [3.05, 3.63) is 16.1 Å². The Morgan fingerprint density at radius 2 is 2.50 bits per heavy atom. The molecule has 1 aromatic rings. The van der Waals surface area contributed by atoms with Gasteiger partial charge in [-0.2, -0.15) is 0 Å². The topological polar surface area (TPSA) is 37.4 Å². The van der Waals surface area contributed by atoms with Crippen LogP contribution in [0.2, 0.25) is 0 Å². The van der Waals surface area contributed by atoms with Crippen LogP contribution in [0.1, 0.15) is 17.6 Å². The Bertz CT molecular complexity index is 356. The number of morpholine rings is 1. The van der Waals surface area contributed by atoms with Gasteiger partial charge in [0.25, 0.3) is 0 Å². The van der Waals surface area contributed by atoms with Crippen LogP contribution in [0.3, 0.4) is 0 Å². The molecule has 0 amide bonds. The van der Waals surface area contributed by atoms with Gasteiger partial charge in [-0.1, -0.05) is 6.92 Å². The quantitative estimate of drug-likeness (QED) is 0.790. The first-order chi connectivity index (χ1) is 8.78. The summed E-state index contributed by atoms with van der Waals surface area (Å²) >= 11 is 1.72. The van der Waals surface area contributed by atoms with Gasteiger partial charge in [0.05, 0.1) is 23.4 Å². The molecular weight excluding hydrogens is 246 g/mol. The molecule has 0 saturated carbocycles. The van der Waals surface area contributed by atoms with Crippen LogP contribution in [0.5, 0.6) is 0 Å². The molecule has 0 spiro atoms. The van der Waals surface area contributed by atoms with E-state index in [0.29, 0.717) is 6.10 Å². The summed E-state index contributed by atoms with van der Waals surface area (Å²) in [6, 6.07) is 0. The third kappa shape index (κ3) is 4.31. The number of likely N-dealkylation sites (N-methyl/N-ethyl adjacent to an activating group) is 1. The predicted octanol–water partition coefficient (Wildman–Crippen LogP) is 1.30. The lowest BCUT2D eigenvalue weighted by molar-refractivity contribution is -0.0251. The lowest BCUT2D eigenvalue weighted by Crippen LogP contribution is -2.46. The Hall–Kier alpha value is -0.490. The molecular formula is C13H23N3OS. The molecule has 2 heterocycles. The maximum absolute atomic E-state index is 5.75. The summed E-state index contributed by atoms with van der Waals surface area (Å²) in [7, 11) is 0.